The maximum absolute atomic E-state index is 11.5. The minimum absolute atomic E-state index is 0.0899. The Balaban J connectivity index is 1.54. The first kappa shape index (κ1) is 12.5. The molecule has 1 amide bonds. The SMILES string of the molecule is O=C(CNC1CCCC1)NCCc1cscn1. The average Bonchev–Trinajstić information content (AvgIpc) is 2.99. The van der Waals surface area contributed by atoms with Crippen molar-refractivity contribution in [2.75, 3.05) is 13.1 Å². The Morgan fingerprint density at radius 3 is 3.00 bits per heavy atom. The van der Waals surface area contributed by atoms with E-state index in [9.17, 15) is 4.79 Å². The molecule has 4 nitrogen and oxygen atoms in total. The smallest absolute Gasteiger partial charge is 0.233 e. The first-order valence-electron chi connectivity index (χ1n) is 6.22. The van der Waals surface area contributed by atoms with Crippen LogP contribution in [0.25, 0.3) is 0 Å². The summed E-state index contributed by atoms with van der Waals surface area (Å²) in [7, 11) is 0. The van der Waals surface area contributed by atoms with Gasteiger partial charge in [-0.05, 0) is 12.8 Å². The molecule has 94 valence electrons. The summed E-state index contributed by atoms with van der Waals surface area (Å²) in [6.45, 7) is 1.12. The van der Waals surface area contributed by atoms with Crippen LogP contribution in [0.5, 0.6) is 0 Å². The molecule has 1 saturated carbocycles. The molecule has 1 aromatic rings. The maximum atomic E-state index is 11.5. The zero-order valence-electron chi connectivity index (χ0n) is 9.95. The highest BCUT2D eigenvalue weighted by Gasteiger charge is 2.14. The number of hydrogen-bond donors (Lipinski definition) is 2. The van der Waals surface area contributed by atoms with E-state index in [0.29, 0.717) is 19.1 Å². The highest BCUT2D eigenvalue weighted by Crippen LogP contribution is 2.17. The number of hydrogen-bond acceptors (Lipinski definition) is 4. The minimum atomic E-state index is 0.0899. The number of aromatic nitrogens is 1. The van der Waals surface area contributed by atoms with E-state index in [-0.39, 0.29) is 5.91 Å². The topological polar surface area (TPSA) is 54.0 Å². The molecule has 0 radical (unpaired) electrons. The van der Waals surface area contributed by atoms with Crippen LogP contribution in [0.3, 0.4) is 0 Å². The Hall–Kier alpha value is -0.940. The molecule has 0 aliphatic heterocycles. The molecule has 0 unspecified atom stereocenters. The van der Waals surface area contributed by atoms with Crippen molar-refractivity contribution in [3.8, 4) is 0 Å². The van der Waals surface area contributed by atoms with Gasteiger partial charge in [-0.15, -0.1) is 11.3 Å². The molecule has 1 fully saturated rings. The van der Waals surface area contributed by atoms with Crippen LogP contribution in [0.2, 0.25) is 0 Å². The predicted octanol–water partition coefficient (Wildman–Crippen LogP) is 1.33. The lowest BCUT2D eigenvalue weighted by atomic mass is 10.2. The van der Waals surface area contributed by atoms with Gasteiger partial charge in [0.1, 0.15) is 0 Å². The fourth-order valence-electron chi connectivity index (χ4n) is 2.12. The standard InChI is InChI=1S/C12H19N3OS/c16-12(7-14-10-3-1-2-4-10)13-6-5-11-8-17-9-15-11/h8-10,14H,1-7H2,(H,13,16). The molecule has 0 atom stereocenters. The fourth-order valence-corrected chi connectivity index (χ4v) is 2.71. The third kappa shape index (κ3) is 4.44. The van der Waals surface area contributed by atoms with Gasteiger partial charge in [0.05, 0.1) is 17.7 Å². The van der Waals surface area contributed by atoms with Gasteiger partial charge in [-0.25, -0.2) is 4.98 Å². The Morgan fingerprint density at radius 2 is 2.29 bits per heavy atom. The van der Waals surface area contributed by atoms with Gasteiger partial charge in [-0.1, -0.05) is 12.8 Å². The second-order valence-corrected chi connectivity index (χ2v) is 5.16. The third-order valence-electron chi connectivity index (χ3n) is 3.09. The Kier molecular flexibility index (Phi) is 4.94. The minimum Gasteiger partial charge on any atom is -0.355 e. The number of nitrogens with one attached hydrogen (secondary N) is 2. The van der Waals surface area contributed by atoms with E-state index in [1.165, 1.54) is 25.7 Å². The first-order chi connectivity index (χ1) is 8.34. The van der Waals surface area contributed by atoms with Crippen LogP contribution in [0.4, 0.5) is 0 Å². The van der Waals surface area contributed by atoms with Crippen LogP contribution in [0.1, 0.15) is 31.4 Å². The van der Waals surface area contributed by atoms with Gasteiger partial charge in [-0.3, -0.25) is 4.79 Å². The average molecular weight is 253 g/mol. The van der Waals surface area contributed by atoms with Gasteiger partial charge in [-0.2, -0.15) is 0 Å². The number of thiazole rings is 1. The van der Waals surface area contributed by atoms with E-state index in [1.807, 2.05) is 10.9 Å². The van der Waals surface area contributed by atoms with Crippen LogP contribution in [0, 0.1) is 0 Å². The summed E-state index contributed by atoms with van der Waals surface area (Å²) in [6.07, 6.45) is 5.84. The zero-order chi connectivity index (χ0) is 11.9. The summed E-state index contributed by atoms with van der Waals surface area (Å²) in [4.78, 5) is 15.7. The van der Waals surface area contributed by atoms with E-state index in [2.05, 4.69) is 15.6 Å². The highest BCUT2D eigenvalue weighted by molar-refractivity contribution is 7.07. The first-order valence-corrected chi connectivity index (χ1v) is 7.16. The molecule has 1 aliphatic rings. The molecular weight excluding hydrogens is 234 g/mol. The van der Waals surface area contributed by atoms with E-state index in [0.717, 1.165) is 12.1 Å². The summed E-state index contributed by atoms with van der Waals surface area (Å²) in [6, 6.07) is 0.555. The van der Waals surface area contributed by atoms with Crippen LogP contribution < -0.4 is 10.6 Å². The number of rotatable bonds is 6. The van der Waals surface area contributed by atoms with Gasteiger partial charge < -0.3 is 10.6 Å². The number of carbonyl (C=O) groups is 1. The molecule has 0 saturated heterocycles. The quantitative estimate of drug-likeness (QED) is 0.804. The van der Waals surface area contributed by atoms with Crippen molar-refractivity contribution in [3.05, 3.63) is 16.6 Å². The summed E-state index contributed by atoms with van der Waals surface area (Å²) in [5.74, 6) is 0.0899. The van der Waals surface area contributed by atoms with Gasteiger partial charge in [0.15, 0.2) is 0 Å². The van der Waals surface area contributed by atoms with E-state index >= 15 is 0 Å². The van der Waals surface area contributed by atoms with E-state index in [4.69, 9.17) is 0 Å². The fraction of sp³-hybridized carbons (Fsp3) is 0.667. The molecule has 5 heteroatoms. The summed E-state index contributed by atoms with van der Waals surface area (Å²) in [5.41, 5.74) is 2.87. The number of amides is 1. The molecule has 0 bridgehead atoms. The summed E-state index contributed by atoms with van der Waals surface area (Å²) in [5, 5.41) is 8.22. The molecule has 2 rings (SSSR count). The molecule has 1 aliphatic carbocycles. The lowest BCUT2D eigenvalue weighted by molar-refractivity contribution is -0.120. The van der Waals surface area contributed by atoms with Crippen molar-refractivity contribution >= 4 is 17.2 Å². The van der Waals surface area contributed by atoms with Gasteiger partial charge in [0.2, 0.25) is 5.91 Å². The predicted molar refractivity (Wildman–Crippen MR) is 69.1 cm³/mol. The Bertz CT molecular complexity index is 334. The van der Waals surface area contributed by atoms with E-state index < -0.39 is 0 Å². The highest BCUT2D eigenvalue weighted by atomic mass is 32.1. The van der Waals surface area contributed by atoms with Crippen LogP contribution in [-0.4, -0.2) is 30.0 Å². The van der Waals surface area contributed by atoms with Gasteiger partial charge in [0, 0.05) is 24.4 Å². The van der Waals surface area contributed by atoms with Crippen LogP contribution in [0.15, 0.2) is 10.9 Å². The molecule has 1 aromatic heterocycles. The Morgan fingerprint density at radius 1 is 1.47 bits per heavy atom. The molecule has 0 spiro atoms. The van der Waals surface area contributed by atoms with Crippen molar-refractivity contribution in [1.82, 2.24) is 15.6 Å². The molecule has 2 N–H and O–H groups in total. The Labute approximate surface area is 106 Å². The van der Waals surface area contributed by atoms with Crippen molar-refractivity contribution < 1.29 is 4.79 Å². The molecule has 1 heterocycles. The van der Waals surface area contributed by atoms with Crippen molar-refractivity contribution in [2.45, 2.75) is 38.1 Å². The van der Waals surface area contributed by atoms with Crippen LogP contribution >= 0.6 is 11.3 Å². The second-order valence-electron chi connectivity index (χ2n) is 4.44. The molecule has 17 heavy (non-hydrogen) atoms. The summed E-state index contributed by atoms with van der Waals surface area (Å²) >= 11 is 1.59. The molecule has 0 aromatic carbocycles. The number of nitrogens with zero attached hydrogens (tertiary/aromatic N) is 1. The normalized spacial score (nSPS) is 16.2. The van der Waals surface area contributed by atoms with Crippen molar-refractivity contribution in [3.63, 3.8) is 0 Å². The van der Waals surface area contributed by atoms with E-state index in [1.54, 1.807) is 11.3 Å². The largest absolute Gasteiger partial charge is 0.355 e. The van der Waals surface area contributed by atoms with Crippen LogP contribution in [-0.2, 0) is 11.2 Å². The monoisotopic (exact) mass is 253 g/mol. The summed E-state index contributed by atoms with van der Waals surface area (Å²) < 4.78 is 0. The van der Waals surface area contributed by atoms with Gasteiger partial charge in [0.25, 0.3) is 0 Å². The van der Waals surface area contributed by atoms with Crippen molar-refractivity contribution in [2.24, 2.45) is 0 Å². The maximum Gasteiger partial charge on any atom is 0.233 e. The second kappa shape index (κ2) is 6.71. The lowest BCUT2D eigenvalue weighted by Gasteiger charge is -2.11. The number of carbonyl (C=O) groups excluding carboxylic acids is 1. The van der Waals surface area contributed by atoms with Crippen molar-refractivity contribution in [1.29, 1.82) is 0 Å². The lowest BCUT2D eigenvalue weighted by Crippen LogP contribution is -2.38. The van der Waals surface area contributed by atoms with Gasteiger partial charge >= 0.3 is 0 Å². The molecular formula is C12H19N3OS. The third-order valence-corrected chi connectivity index (χ3v) is 3.73. The zero-order valence-corrected chi connectivity index (χ0v) is 10.8.